The number of aryl methyl sites for hydroxylation is 1. The Morgan fingerprint density at radius 2 is 1.88 bits per heavy atom. The number of rotatable bonds is 5. The van der Waals surface area contributed by atoms with Gasteiger partial charge in [0.1, 0.15) is 5.75 Å². The van der Waals surface area contributed by atoms with Crippen LogP contribution in [0.5, 0.6) is 5.75 Å². The van der Waals surface area contributed by atoms with Gasteiger partial charge in [0.15, 0.2) is 11.2 Å². The number of ether oxygens (including phenoxy) is 1. The van der Waals surface area contributed by atoms with E-state index >= 15 is 0 Å². The highest BCUT2D eigenvalue weighted by molar-refractivity contribution is 5.73. The molecule has 0 amide bonds. The van der Waals surface area contributed by atoms with E-state index in [1.165, 1.54) is 28.8 Å². The number of pyridine rings is 1. The summed E-state index contributed by atoms with van der Waals surface area (Å²) in [4.78, 5) is 16.2. The minimum Gasteiger partial charge on any atom is -0.406 e. The van der Waals surface area contributed by atoms with E-state index in [4.69, 9.17) is 9.52 Å². The largest absolute Gasteiger partial charge is 0.573 e. The van der Waals surface area contributed by atoms with Crippen LogP contribution < -0.4 is 10.5 Å². The highest BCUT2D eigenvalue weighted by Gasteiger charge is 2.31. The van der Waals surface area contributed by atoms with Crippen molar-refractivity contribution in [3.63, 3.8) is 0 Å². The molecule has 3 aromatic rings. The zero-order chi connectivity index (χ0) is 18.0. The van der Waals surface area contributed by atoms with Crippen LogP contribution in [0.2, 0.25) is 0 Å². The van der Waals surface area contributed by atoms with Gasteiger partial charge in [-0.15, -0.1) is 13.2 Å². The minimum absolute atomic E-state index is 0.0839. The Bertz CT molecular complexity index is 929. The van der Waals surface area contributed by atoms with Crippen molar-refractivity contribution in [2.75, 3.05) is 6.61 Å². The van der Waals surface area contributed by atoms with Crippen LogP contribution in [0, 0.1) is 0 Å². The molecule has 0 aliphatic carbocycles. The van der Waals surface area contributed by atoms with Gasteiger partial charge >= 0.3 is 12.1 Å². The van der Waals surface area contributed by atoms with Gasteiger partial charge < -0.3 is 14.3 Å². The van der Waals surface area contributed by atoms with Gasteiger partial charge in [-0.1, -0.05) is 0 Å². The molecule has 3 rings (SSSR count). The molecule has 1 aromatic carbocycles. The van der Waals surface area contributed by atoms with E-state index in [2.05, 4.69) is 9.72 Å². The third-order valence-corrected chi connectivity index (χ3v) is 3.44. The number of nitrogens with zero attached hydrogens (tertiary/aromatic N) is 2. The third-order valence-electron chi connectivity index (χ3n) is 3.44. The number of aromatic nitrogens is 2. The lowest BCUT2D eigenvalue weighted by molar-refractivity contribution is -0.274. The fourth-order valence-corrected chi connectivity index (χ4v) is 2.36. The van der Waals surface area contributed by atoms with Crippen molar-refractivity contribution in [1.82, 2.24) is 9.55 Å². The average Bonchev–Trinajstić information content (AvgIpc) is 2.86. The molecule has 2 aromatic heterocycles. The Labute approximate surface area is 139 Å². The van der Waals surface area contributed by atoms with Crippen LogP contribution in [-0.4, -0.2) is 27.6 Å². The second-order valence-electron chi connectivity index (χ2n) is 5.19. The first-order valence-electron chi connectivity index (χ1n) is 7.35. The molecule has 2 heterocycles. The van der Waals surface area contributed by atoms with Crippen LogP contribution in [0.15, 0.2) is 45.6 Å². The van der Waals surface area contributed by atoms with Gasteiger partial charge in [-0.25, -0.2) is 9.78 Å². The summed E-state index contributed by atoms with van der Waals surface area (Å²) in [6.45, 7) is 0.163. The maximum absolute atomic E-state index is 12.2. The standard InChI is InChI=1S/C16H13F3N2O4/c17-16(18,19)25-11-4-2-10(3-5-11)12-6-7-13-14(20-12)21(8-1-9-22)15(23)24-13/h2-7,22H,1,8-9H2. The lowest BCUT2D eigenvalue weighted by atomic mass is 10.1. The van der Waals surface area contributed by atoms with Crippen molar-refractivity contribution < 1.29 is 27.4 Å². The second-order valence-corrected chi connectivity index (χ2v) is 5.19. The summed E-state index contributed by atoms with van der Waals surface area (Å²) >= 11 is 0. The van der Waals surface area contributed by atoms with Crippen molar-refractivity contribution in [3.05, 3.63) is 46.9 Å². The first-order chi connectivity index (χ1) is 11.9. The van der Waals surface area contributed by atoms with E-state index in [9.17, 15) is 18.0 Å². The maximum Gasteiger partial charge on any atom is 0.573 e. The highest BCUT2D eigenvalue weighted by Crippen LogP contribution is 2.26. The molecule has 0 saturated carbocycles. The molecule has 25 heavy (non-hydrogen) atoms. The summed E-state index contributed by atoms with van der Waals surface area (Å²) in [6.07, 6.45) is -4.39. The Balaban J connectivity index is 1.94. The predicted octanol–water partition coefficient (Wildman–Crippen LogP) is 2.94. The zero-order valence-corrected chi connectivity index (χ0v) is 12.8. The smallest absolute Gasteiger partial charge is 0.406 e. The Kier molecular flexibility index (Phi) is 4.49. The molecule has 0 bridgehead atoms. The third kappa shape index (κ3) is 3.82. The molecule has 0 fully saturated rings. The first-order valence-corrected chi connectivity index (χ1v) is 7.35. The quantitative estimate of drug-likeness (QED) is 0.762. The van der Waals surface area contributed by atoms with Gasteiger partial charge in [-0.05, 0) is 42.8 Å². The molecular formula is C16H13F3N2O4. The number of fused-ring (bicyclic) bond motifs is 1. The van der Waals surface area contributed by atoms with Crippen molar-refractivity contribution in [2.24, 2.45) is 0 Å². The van der Waals surface area contributed by atoms with Gasteiger partial charge in [-0.2, -0.15) is 0 Å². The van der Waals surface area contributed by atoms with E-state index in [1.54, 1.807) is 12.1 Å². The van der Waals surface area contributed by atoms with Crippen molar-refractivity contribution >= 4 is 11.2 Å². The molecule has 0 saturated heterocycles. The van der Waals surface area contributed by atoms with Crippen molar-refractivity contribution in [2.45, 2.75) is 19.3 Å². The van der Waals surface area contributed by atoms with E-state index in [-0.39, 0.29) is 18.9 Å². The maximum atomic E-state index is 12.2. The summed E-state index contributed by atoms with van der Waals surface area (Å²) in [5, 5.41) is 8.91. The van der Waals surface area contributed by atoms with Crippen LogP contribution in [0.4, 0.5) is 13.2 Å². The Morgan fingerprint density at radius 3 is 2.52 bits per heavy atom. The van der Waals surface area contributed by atoms with Gasteiger partial charge in [-0.3, -0.25) is 4.57 Å². The number of oxazole rings is 1. The van der Waals surface area contributed by atoms with Crippen molar-refractivity contribution in [1.29, 1.82) is 0 Å². The Hall–Kier alpha value is -2.81. The predicted molar refractivity (Wildman–Crippen MR) is 82.1 cm³/mol. The lowest BCUT2D eigenvalue weighted by Crippen LogP contribution is -2.16. The second kappa shape index (κ2) is 6.60. The molecule has 132 valence electrons. The fraction of sp³-hybridized carbons (Fsp3) is 0.250. The van der Waals surface area contributed by atoms with Crippen LogP contribution >= 0.6 is 0 Å². The lowest BCUT2D eigenvalue weighted by Gasteiger charge is -2.09. The molecule has 0 aliphatic heterocycles. The molecule has 0 radical (unpaired) electrons. The fourth-order valence-electron chi connectivity index (χ4n) is 2.36. The molecule has 0 atom stereocenters. The molecule has 6 nitrogen and oxygen atoms in total. The van der Waals surface area contributed by atoms with Gasteiger partial charge in [0.25, 0.3) is 0 Å². The molecule has 0 spiro atoms. The van der Waals surface area contributed by atoms with Crippen molar-refractivity contribution in [3.8, 4) is 17.0 Å². The normalized spacial score (nSPS) is 11.8. The monoisotopic (exact) mass is 354 g/mol. The van der Waals surface area contributed by atoms with E-state index < -0.39 is 12.1 Å². The number of hydrogen-bond donors (Lipinski definition) is 1. The van der Waals surface area contributed by atoms with Crippen LogP contribution in [-0.2, 0) is 6.54 Å². The van der Waals surface area contributed by atoms with E-state index in [0.717, 1.165) is 0 Å². The van der Waals surface area contributed by atoms with Gasteiger partial charge in [0.05, 0.1) is 5.69 Å². The summed E-state index contributed by atoms with van der Waals surface area (Å²) in [5.74, 6) is -0.914. The highest BCUT2D eigenvalue weighted by atomic mass is 19.4. The van der Waals surface area contributed by atoms with E-state index in [0.29, 0.717) is 28.9 Å². The number of alkyl halides is 3. The topological polar surface area (TPSA) is 77.5 Å². The van der Waals surface area contributed by atoms with Crippen LogP contribution in [0.25, 0.3) is 22.5 Å². The number of hydrogen-bond acceptors (Lipinski definition) is 5. The Morgan fingerprint density at radius 1 is 1.16 bits per heavy atom. The number of aliphatic hydroxyl groups excluding tert-OH is 1. The summed E-state index contributed by atoms with van der Waals surface area (Å²) < 4.78 is 46.8. The summed E-state index contributed by atoms with van der Waals surface area (Å²) in [7, 11) is 0. The SMILES string of the molecule is O=c1oc2ccc(-c3ccc(OC(F)(F)F)cc3)nc2n1CCCO. The summed E-state index contributed by atoms with van der Waals surface area (Å²) in [5.41, 5.74) is 1.62. The molecule has 9 heteroatoms. The van der Waals surface area contributed by atoms with Gasteiger partial charge in [0, 0.05) is 18.7 Å². The minimum atomic E-state index is -4.75. The van der Waals surface area contributed by atoms with Crippen LogP contribution in [0.3, 0.4) is 0 Å². The number of benzene rings is 1. The van der Waals surface area contributed by atoms with Crippen LogP contribution in [0.1, 0.15) is 6.42 Å². The zero-order valence-electron chi connectivity index (χ0n) is 12.8. The number of halogens is 3. The molecule has 0 unspecified atom stereocenters. The first kappa shape index (κ1) is 17.0. The molecule has 0 aliphatic rings. The summed E-state index contributed by atoms with van der Waals surface area (Å²) in [6, 6.07) is 8.40. The molecule has 1 N–H and O–H groups in total. The van der Waals surface area contributed by atoms with Gasteiger partial charge in [0.2, 0.25) is 0 Å². The average molecular weight is 354 g/mol. The van der Waals surface area contributed by atoms with E-state index in [1.807, 2.05) is 0 Å². The molecular weight excluding hydrogens is 341 g/mol. The number of aliphatic hydroxyl groups is 1.